The van der Waals surface area contributed by atoms with Crippen molar-refractivity contribution in [3.8, 4) is 22.6 Å². The van der Waals surface area contributed by atoms with Gasteiger partial charge in [0.25, 0.3) is 0 Å². The maximum absolute atomic E-state index is 12.5. The molecule has 0 aliphatic rings. The molecule has 0 atom stereocenters. The minimum Gasteiger partial charge on any atom is -0.350 e. The number of nitrogens with one attached hydrogen (secondary N) is 3. The van der Waals surface area contributed by atoms with E-state index in [-0.39, 0.29) is 12.5 Å². The van der Waals surface area contributed by atoms with Gasteiger partial charge in [0, 0.05) is 23.3 Å². The fourth-order valence-corrected chi connectivity index (χ4v) is 3.23. The number of hydrogen-bond acceptors (Lipinski definition) is 4. The number of halogens is 1. The fraction of sp³-hybridized carbons (Fsp3) is 0.100. The monoisotopic (exact) mass is 424 g/mol. The van der Waals surface area contributed by atoms with Crippen molar-refractivity contribution in [1.29, 1.82) is 0 Å². The fourth-order valence-electron chi connectivity index (χ4n) is 2.90. The standard InChI is InChI=1S/C20H17ClN6OS/c21-16-7-5-15(6-8-16)19-25-26-20(29)27(19)12-18(28)22-11-13-1-3-14(4-2-13)17-9-10-23-24-17/h1-10H,11-12H2,(H,22,28)(H,23,24)(H,26,29). The molecular formula is C20H17ClN6OS. The maximum Gasteiger partial charge on any atom is 0.240 e. The molecule has 7 nitrogen and oxygen atoms in total. The van der Waals surface area contributed by atoms with Crippen LogP contribution in [-0.4, -0.2) is 30.9 Å². The first kappa shape index (κ1) is 19.1. The SMILES string of the molecule is O=C(Cn1c(-c2ccc(Cl)cc2)n[nH]c1=S)NCc1ccc(-c2ccn[nH]2)cc1. The van der Waals surface area contributed by atoms with Gasteiger partial charge in [-0.05, 0) is 53.7 Å². The third kappa shape index (κ3) is 4.44. The molecule has 9 heteroatoms. The first-order valence-corrected chi connectivity index (χ1v) is 9.65. The summed E-state index contributed by atoms with van der Waals surface area (Å²) in [4.78, 5) is 12.5. The summed E-state index contributed by atoms with van der Waals surface area (Å²) in [6, 6.07) is 17.0. The summed E-state index contributed by atoms with van der Waals surface area (Å²) in [7, 11) is 0. The third-order valence-electron chi connectivity index (χ3n) is 4.42. The van der Waals surface area contributed by atoms with Crippen molar-refractivity contribution in [3.05, 3.63) is 76.2 Å². The minimum absolute atomic E-state index is 0.0690. The summed E-state index contributed by atoms with van der Waals surface area (Å²) < 4.78 is 2.05. The number of H-pyrrole nitrogens is 2. The lowest BCUT2D eigenvalue weighted by Crippen LogP contribution is -2.27. The Hall–Kier alpha value is -3.23. The molecular weight excluding hydrogens is 408 g/mol. The number of amides is 1. The number of carbonyl (C=O) groups excluding carboxylic acids is 1. The van der Waals surface area contributed by atoms with Gasteiger partial charge in [-0.1, -0.05) is 35.9 Å². The number of nitrogens with zero attached hydrogens (tertiary/aromatic N) is 3. The minimum atomic E-state index is -0.157. The van der Waals surface area contributed by atoms with Crippen LogP contribution in [0.2, 0.25) is 5.02 Å². The molecule has 146 valence electrons. The van der Waals surface area contributed by atoms with E-state index in [1.807, 2.05) is 42.5 Å². The molecule has 2 aromatic heterocycles. The maximum atomic E-state index is 12.5. The number of aromatic nitrogens is 5. The molecule has 1 amide bonds. The second-order valence-electron chi connectivity index (χ2n) is 6.39. The Labute approximate surface area is 176 Å². The van der Waals surface area contributed by atoms with E-state index in [4.69, 9.17) is 23.8 Å². The van der Waals surface area contributed by atoms with E-state index in [0.717, 1.165) is 22.4 Å². The van der Waals surface area contributed by atoms with Crippen molar-refractivity contribution in [2.75, 3.05) is 0 Å². The summed E-state index contributed by atoms with van der Waals surface area (Å²) in [6.45, 7) is 0.489. The predicted molar refractivity (Wildman–Crippen MR) is 114 cm³/mol. The second-order valence-corrected chi connectivity index (χ2v) is 7.21. The molecule has 0 spiro atoms. The number of benzene rings is 2. The lowest BCUT2D eigenvalue weighted by Gasteiger charge is -2.09. The van der Waals surface area contributed by atoms with Crippen LogP contribution < -0.4 is 5.32 Å². The number of rotatable bonds is 6. The molecule has 0 saturated heterocycles. The topological polar surface area (TPSA) is 91.4 Å². The van der Waals surface area contributed by atoms with Crippen LogP contribution in [0.15, 0.2) is 60.8 Å². The molecule has 4 rings (SSSR count). The summed E-state index contributed by atoms with van der Waals surface area (Å²) in [5.74, 6) is 0.432. The summed E-state index contributed by atoms with van der Waals surface area (Å²) in [6.07, 6.45) is 1.71. The van der Waals surface area contributed by atoms with Crippen LogP contribution in [0.3, 0.4) is 0 Å². The van der Waals surface area contributed by atoms with Gasteiger partial charge in [0.15, 0.2) is 10.6 Å². The van der Waals surface area contributed by atoms with Crippen LogP contribution in [0.1, 0.15) is 5.56 Å². The highest BCUT2D eigenvalue weighted by molar-refractivity contribution is 7.71. The number of hydrogen-bond donors (Lipinski definition) is 3. The zero-order valence-corrected chi connectivity index (χ0v) is 16.8. The van der Waals surface area contributed by atoms with Gasteiger partial charge in [0.1, 0.15) is 6.54 Å². The van der Waals surface area contributed by atoms with E-state index in [2.05, 4.69) is 25.7 Å². The molecule has 3 N–H and O–H groups in total. The average molecular weight is 425 g/mol. The average Bonchev–Trinajstić information content (AvgIpc) is 3.39. The predicted octanol–water partition coefficient (Wildman–Crippen LogP) is 3.97. The van der Waals surface area contributed by atoms with Crippen molar-refractivity contribution >= 4 is 29.7 Å². The van der Waals surface area contributed by atoms with Crippen molar-refractivity contribution in [3.63, 3.8) is 0 Å². The van der Waals surface area contributed by atoms with Crippen LogP contribution >= 0.6 is 23.8 Å². The van der Waals surface area contributed by atoms with Crippen molar-refractivity contribution in [1.82, 2.24) is 30.3 Å². The van der Waals surface area contributed by atoms with Gasteiger partial charge in [-0.15, -0.1) is 0 Å². The Kier molecular flexibility index (Phi) is 5.55. The van der Waals surface area contributed by atoms with E-state index in [0.29, 0.717) is 22.2 Å². The lowest BCUT2D eigenvalue weighted by molar-refractivity contribution is -0.121. The molecule has 0 radical (unpaired) electrons. The van der Waals surface area contributed by atoms with Gasteiger partial charge in [0.05, 0.1) is 5.69 Å². The Morgan fingerprint density at radius 1 is 1.03 bits per heavy atom. The second kappa shape index (κ2) is 8.42. The Morgan fingerprint density at radius 2 is 1.76 bits per heavy atom. The van der Waals surface area contributed by atoms with Crippen LogP contribution in [0.5, 0.6) is 0 Å². The molecule has 4 aromatic rings. The van der Waals surface area contributed by atoms with E-state index in [1.165, 1.54) is 0 Å². The summed E-state index contributed by atoms with van der Waals surface area (Å²) >= 11 is 11.2. The smallest absolute Gasteiger partial charge is 0.240 e. The molecule has 0 aliphatic heterocycles. The van der Waals surface area contributed by atoms with Gasteiger partial charge in [-0.3, -0.25) is 19.6 Å². The van der Waals surface area contributed by atoms with E-state index in [1.54, 1.807) is 22.9 Å². The summed E-state index contributed by atoms with van der Waals surface area (Å²) in [5.41, 5.74) is 3.80. The van der Waals surface area contributed by atoms with Gasteiger partial charge in [0.2, 0.25) is 5.91 Å². The first-order valence-electron chi connectivity index (χ1n) is 8.87. The molecule has 2 aromatic carbocycles. The molecule has 2 heterocycles. The van der Waals surface area contributed by atoms with Crippen LogP contribution in [0, 0.1) is 4.77 Å². The van der Waals surface area contributed by atoms with Gasteiger partial charge < -0.3 is 5.32 Å². The molecule has 0 unspecified atom stereocenters. The number of carbonyl (C=O) groups is 1. The van der Waals surface area contributed by atoms with E-state index < -0.39 is 0 Å². The van der Waals surface area contributed by atoms with Crippen LogP contribution in [0.25, 0.3) is 22.6 Å². The quantitative estimate of drug-likeness (QED) is 0.408. The highest BCUT2D eigenvalue weighted by Gasteiger charge is 2.12. The first-order chi connectivity index (χ1) is 14.1. The van der Waals surface area contributed by atoms with Gasteiger partial charge >= 0.3 is 0 Å². The zero-order valence-electron chi connectivity index (χ0n) is 15.2. The van der Waals surface area contributed by atoms with Crippen LogP contribution in [0.4, 0.5) is 0 Å². The Balaban J connectivity index is 1.41. The molecule has 0 bridgehead atoms. The van der Waals surface area contributed by atoms with Crippen molar-refractivity contribution in [2.45, 2.75) is 13.1 Å². The highest BCUT2D eigenvalue weighted by Crippen LogP contribution is 2.20. The van der Waals surface area contributed by atoms with Crippen LogP contribution in [-0.2, 0) is 17.9 Å². The third-order valence-corrected chi connectivity index (χ3v) is 4.98. The summed E-state index contributed by atoms with van der Waals surface area (Å²) in [5, 5.41) is 17.4. The largest absolute Gasteiger partial charge is 0.350 e. The zero-order chi connectivity index (χ0) is 20.2. The Bertz CT molecular complexity index is 1160. The van der Waals surface area contributed by atoms with E-state index >= 15 is 0 Å². The molecule has 0 aliphatic carbocycles. The van der Waals surface area contributed by atoms with Gasteiger partial charge in [-0.25, -0.2) is 0 Å². The van der Waals surface area contributed by atoms with Gasteiger partial charge in [-0.2, -0.15) is 10.2 Å². The van der Waals surface area contributed by atoms with Crippen molar-refractivity contribution in [2.24, 2.45) is 0 Å². The normalized spacial score (nSPS) is 10.8. The van der Waals surface area contributed by atoms with Crippen molar-refractivity contribution < 1.29 is 4.79 Å². The number of aromatic amines is 2. The Morgan fingerprint density at radius 3 is 2.45 bits per heavy atom. The molecule has 0 saturated carbocycles. The molecule has 0 fully saturated rings. The lowest BCUT2D eigenvalue weighted by atomic mass is 10.1. The highest BCUT2D eigenvalue weighted by atomic mass is 35.5. The molecule has 29 heavy (non-hydrogen) atoms. The van der Waals surface area contributed by atoms with E-state index in [9.17, 15) is 4.79 Å².